The van der Waals surface area contributed by atoms with Crippen molar-refractivity contribution in [3.8, 4) is 0 Å². The number of carboxylic acid groups (broad SMARTS) is 1. The molecule has 20 heavy (non-hydrogen) atoms. The molecule has 1 N–H and O–H groups in total. The Labute approximate surface area is 119 Å². The van der Waals surface area contributed by atoms with Crippen LogP contribution in [0.2, 0.25) is 0 Å². The molecule has 0 saturated heterocycles. The number of methoxy groups -OCH3 is 1. The number of hydrogen-bond donors (Lipinski definition) is 1. The highest BCUT2D eigenvalue weighted by Crippen LogP contribution is 2.32. The van der Waals surface area contributed by atoms with E-state index in [-0.39, 0.29) is 11.8 Å². The van der Waals surface area contributed by atoms with Crippen molar-refractivity contribution >= 4 is 11.9 Å². The molecule has 0 spiro atoms. The van der Waals surface area contributed by atoms with Crippen LogP contribution in [0.5, 0.6) is 0 Å². The lowest BCUT2D eigenvalue weighted by Crippen LogP contribution is -2.44. The molecule has 0 radical (unpaired) electrons. The molecule has 2 atom stereocenters. The van der Waals surface area contributed by atoms with Crippen LogP contribution in [-0.2, 0) is 14.3 Å². The van der Waals surface area contributed by atoms with Gasteiger partial charge in [0.1, 0.15) is 0 Å². The monoisotopic (exact) mass is 281 g/mol. The molecule has 0 bridgehead atoms. The standard InChI is InChI=1S/C15H23NO4/c1-20-10-11-6-8-16(9-7-11)14(17)12-4-2-3-5-13(12)15(18)19/h6,12-13H,2-5,7-10H2,1H3,(H,18,19). The van der Waals surface area contributed by atoms with Crippen LogP contribution in [0.15, 0.2) is 11.6 Å². The van der Waals surface area contributed by atoms with Gasteiger partial charge in [0, 0.05) is 20.2 Å². The van der Waals surface area contributed by atoms with E-state index < -0.39 is 11.9 Å². The van der Waals surface area contributed by atoms with Crippen LogP contribution in [0, 0.1) is 11.8 Å². The molecule has 2 unspecified atom stereocenters. The molecule has 1 aliphatic heterocycles. The Bertz CT molecular complexity index is 405. The van der Waals surface area contributed by atoms with Crippen LogP contribution in [-0.4, -0.2) is 48.7 Å². The molecular formula is C15H23NO4. The highest BCUT2D eigenvalue weighted by molar-refractivity contribution is 5.85. The Balaban J connectivity index is 1.98. The van der Waals surface area contributed by atoms with Crippen molar-refractivity contribution < 1.29 is 19.4 Å². The average molecular weight is 281 g/mol. The minimum absolute atomic E-state index is 0.0183. The molecule has 0 aromatic heterocycles. The van der Waals surface area contributed by atoms with Crippen molar-refractivity contribution in [3.63, 3.8) is 0 Å². The molecular weight excluding hydrogens is 258 g/mol. The second-order valence-electron chi connectivity index (χ2n) is 5.67. The van der Waals surface area contributed by atoms with Crippen molar-refractivity contribution in [3.05, 3.63) is 11.6 Å². The summed E-state index contributed by atoms with van der Waals surface area (Å²) in [4.78, 5) is 25.6. The summed E-state index contributed by atoms with van der Waals surface area (Å²) in [6, 6.07) is 0. The van der Waals surface area contributed by atoms with Gasteiger partial charge in [-0.1, -0.05) is 18.9 Å². The zero-order chi connectivity index (χ0) is 14.5. The molecule has 1 saturated carbocycles. The Morgan fingerprint density at radius 3 is 2.60 bits per heavy atom. The van der Waals surface area contributed by atoms with E-state index in [1.54, 1.807) is 12.0 Å². The van der Waals surface area contributed by atoms with Crippen molar-refractivity contribution in [1.29, 1.82) is 0 Å². The van der Waals surface area contributed by atoms with Crippen LogP contribution >= 0.6 is 0 Å². The first kappa shape index (κ1) is 15.0. The Morgan fingerprint density at radius 1 is 1.35 bits per heavy atom. The van der Waals surface area contributed by atoms with E-state index in [1.165, 1.54) is 5.57 Å². The number of rotatable bonds is 4. The fourth-order valence-electron chi connectivity index (χ4n) is 3.18. The van der Waals surface area contributed by atoms with Gasteiger partial charge >= 0.3 is 5.97 Å². The molecule has 1 heterocycles. The summed E-state index contributed by atoms with van der Waals surface area (Å²) in [6.07, 6.45) is 6.07. The molecule has 2 aliphatic rings. The second kappa shape index (κ2) is 6.88. The second-order valence-corrected chi connectivity index (χ2v) is 5.67. The first-order valence-electron chi connectivity index (χ1n) is 7.32. The molecule has 112 valence electrons. The quantitative estimate of drug-likeness (QED) is 0.796. The zero-order valence-corrected chi connectivity index (χ0v) is 12.0. The van der Waals surface area contributed by atoms with Crippen molar-refractivity contribution in [2.75, 3.05) is 26.8 Å². The Hall–Kier alpha value is -1.36. The summed E-state index contributed by atoms with van der Waals surface area (Å²) in [5.74, 6) is -1.64. The van der Waals surface area contributed by atoms with E-state index in [2.05, 4.69) is 0 Å². The van der Waals surface area contributed by atoms with E-state index in [9.17, 15) is 14.7 Å². The van der Waals surface area contributed by atoms with Gasteiger partial charge in [0.05, 0.1) is 18.4 Å². The smallest absolute Gasteiger partial charge is 0.307 e. The number of aliphatic carboxylic acids is 1. The fraction of sp³-hybridized carbons (Fsp3) is 0.733. The lowest BCUT2D eigenvalue weighted by atomic mass is 9.78. The number of hydrogen-bond acceptors (Lipinski definition) is 3. The van der Waals surface area contributed by atoms with Crippen molar-refractivity contribution in [2.45, 2.75) is 32.1 Å². The third kappa shape index (κ3) is 3.39. The molecule has 2 rings (SSSR count). The number of carboxylic acids is 1. The third-order valence-electron chi connectivity index (χ3n) is 4.34. The van der Waals surface area contributed by atoms with Crippen LogP contribution in [0.1, 0.15) is 32.1 Å². The van der Waals surface area contributed by atoms with Gasteiger partial charge in [-0.15, -0.1) is 0 Å². The number of nitrogens with zero attached hydrogens (tertiary/aromatic N) is 1. The summed E-state index contributed by atoms with van der Waals surface area (Å²) in [5, 5.41) is 9.27. The van der Waals surface area contributed by atoms with Crippen LogP contribution in [0.4, 0.5) is 0 Å². The summed E-state index contributed by atoms with van der Waals surface area (Å²) in [7, 11) is 1.66. The van der Waals surface area contributed by atoms with Gasteiger partial charge in [-0.25, -0.2) is 0 Å². The predicted molar refractivity (Wildman–Crippen MR) is 74.2 cm³/mol. The van der Waals surface area contributed by atoms with Crippen LogP contribution in [0.3, 0.4) is 0 Å². The maximum absolute atomic E-state index is 12.5. The van der Waals surface area contributed by atoms with Gasteiger partial charge in [0.2, 0.25) is 5.91 Å². The van der Waals surface area contributed by atoms with E-state index in [0.29, 0.717) is 32.5 Å². The first-order valence-corrected chi connectivity index (χ1v) is 7.32. The van der Waals surface area contributed by atoms with Gasteiger partial charge in [0.15, 0.2) is 0 Å². The zero-order valence-electron chi connectivity index (χ0n) is 12.0. The lowest BCUT2D eigenvalue weighted by Gasteiger charge is -2.34. The summed E-state index contributed by atoms with van der Waals surface area (Å²) >= 11 is 0. The third-order valence-corrected chi connectivity index (χ3v) is 4.34. The molecule has 1 amide bonds. The normalized spacial score (nSPS) is 27.1. The van der Waals surface area contributed by atoms with Crippen molar-refractivity contribution in [1.82, 2.24) is 4.90 Å². The lowest BCUT2D eigenvalue weighted by molar-refractivity contribution is -0.152. The number of carbonyl (C=O) groups excluding carboxylic acids is 1. The topological polar surface area (TPSA) is 66.8 Å². The van der Waals surface area contributed by atoms with Crippen LogP contribution < -0.4 is 0 Å². The molecule has 1 fully saturated rings. The van der Waals surface area contributed by atoms with Gasteiger partial charge in [-0.3, -0.25) is 9.59 Å². The van der Waals surface area contributed by atoms with Gasteiger partial charge < -0.3 is 14.7 Å². The fourth-order valence-corrected chi connectivity index (χ4v) is 3.18. The molecule has 0 aromatic rings. The largest absolute Gasteiger partial charge is 0.481 e. The molecule has 5 nitrogen and oxygen atoms in total. The van der Waals surface area contributed by atoms with Gasteiger partial charge in [-0.05, 0) is 24.8 Å². The SMILES string of the molecule is COCC1=CCN(C(=O)C2CCCCC2C(=O)O)CC1. The Morgan fingerprint density at radius 2 is 2.05 bits per heavy atom. The highest BCUT2D eigenvalue weighted by atomic mass is 16.5. The van der Waals surface area contributed by atoms with E-state index in [0.717, 1.165) is 19.3 Å². The number of amides is 1. The van der Waals surface area contributed by atoms with E-state index in [1.807, 2.05) is 6.08 Å². The van der Waals surface area contributed by atoms with Gasteiger partial charge in [0.25, 0.3) is 0 Å². The van der Waals surface area contributed by atoms with E-state index in [4.69, 9.17) is 4.74 Å². The summed E-state index contributed by atoms with van der Waals surface area (Å²) in [5.41, 5.74) is 1.22. The highest BCUT2D eigenvalue weighted by Gasteiger charge is 2.37. The molecule has 0 aromatic carbocycles. The number of ether oxygens (including phenoxy) is 1. The molecule has 5 heteroatoms. The summed E-state index contributed by atoms with van der Waals surface area (Å²) in [6.45, 7) is 1.88. The number of carbonyl (C=O) groups is 2. The maximum Gasteiger partial charge on any atom is 0.307 e. The maximum atomic E-state index is 12.5. The minimum Gasteiger partial charge on any atom is -0.481 e. The minimum atomic E-state index is -0.823. The summed E-state index contributed by atoms with van der Waals surface area (Å²) < 4.78 is 5.09. The Kier molecular flexibility index (Phi) is 5.17. The molecule has 1 aliphatic carbocycles. The van der Waals surface area contributed by atoms with Gasteiger partial charge in [-0.2, -0.15) is 0 Å². The van der Waals surface area contributed by atoms with Crippen molar-refractivity contribution in [2.24, 2.45) is 11.8 Å². The average Bonchev–Trinajstić information content (AvgIpc) is 2.47. The first-order chi connectivity index (χ1) is 9.63. The predicted octanol–water partition coefficient (Wildman–Crippen LogP) is 1.68. The van der Waals surface area contributed by atoms with E-state index >= 15 is 0 Å². The van der Waals surface area contributed by atoms with Crippen LogP contribution in [0.25, 0.3) is 0 Å².